The van der Waals surface area contributed by atoms with Crippen molar-refractivity contribution in [3.8, 4) is 17.6 Å². The van der Waals surface area contributed by atoms with Crippen LogP contribution in [0.4, 0.5) is 15.9 Å². The van der Waals surface area contributed by atoms with Gasteiger partial charge in [-0.15, -0.1) is 11.3 Å². The number of fused-ring (bicyclic) bond motifs is 1. The number of hydrogen-bond acceptors (Lipinski definition) is 5. The van der Waals surface area contributed by atoms with E-state index in [-0.39, 0.29) is 12.4 Å². The highest BCUT2D eigenvalue weighted by atomic mass is 35.5. The van der Waals surface area contributed by atoms with E-state index >= 15 is 0 Å². The van der Waals surface area contributed by atoms with Crippen LogP contribution in [0.5, 0.6) is 5.75 Å². The van der Waals surface area contributed by atoms with E-state index in [1.165, 1.54) is 35.4 Å². The molecule has 0 atom stereocenters. The van der Waals surface area contributed by atoms with E-state index < -0.39 is 0 Å². The summed E-state index contributed by atoms with van der Waals surface area (Å²) in [5.41, 5.74) is 4.46. The molecule has 0 saturated carbocycles. The van der Waals surface area contributed by atoms with Crippen molar-refractivity contribution in [3.05, 3.63) is 112 Å². The summed E-state index contributed by atoms with van der Waals surface area (Å²) in [5, 5.41) is 3.75. The Hall–Kier alpha value is -3.92. The average Bonchev–Trinajstić information content (AvgIpc) is 3.27. The first-order chi connectivity index (χ1) is 17.0. The maximum atomic E-state index is 13.4. The molecular formula is C28H19ClFN3OS. The average molecular weight is 500 g/mol. The van der Waals surface area contributed by atoms with Crippen LogP contribution in [-0.4, -0.2) is 9.97 Å². The molecular weight excluding hydrogens is 481 g/mol. The zero-order valence-corrected chi connectivity index (χ0v) is 20.3. The number of halogens is 2. The number of benzene rings is 3. The van der Waals surface area contributed by atoms with Crippen molar-refractivity contribution < 1.29 is 9.13 Å². The summed E-state index contributed by atoms with van der Waals surface area (Å²) < 4.78 is 20.0. The van der Waals surface area contributed by atoms with Gasteiger partial charge in [0.1, 0.15) is 24.5 Å². The normalized spacial score (nSPS) is 10.6. The fraction of sp³-hybridized carbons (Fsp3) is 0.0714. The maximum Gasteiger partial charge on any atom is 0.151 e. The fourth-order valence-corrected chi connectivity index (χ4v) is 4.63. The number of anilines is 2. The molecule has 0 unspecified atom stereocenters. The van der Waals surface area contributed by atoms with Crippen molar-refractivity contribution >= 4 is 44.7 Å². The third-order valence-electron chi connectivity index (χ3n) is 5.14. The summed E-state index contributed by atoms with van der Waals surface area (Å²) in [6.45, 7) is 2.27. The third kappa shape index (κ3) is 5.60. The van der Waals surface area contributed by atoms with E-state index in [0.717, 1.165) is 31.9 Å². The van der Waals surface area contributed by atoms with Gasteiger partial charge in [-0.05, 0) is 66.6 Å². The standard InChI is InChI=1S/C28H19ClFN3OS/c1-18-4-2-5-19(12-18)8-10-23-15-25-27(35-23)28(32-17-31-25)33-22-9-11-26(24(29)14-22)34-16-20-6-3-7-21(30)13-20/h2-7,9,11-15,17H,16H2,1H3,(H,31,32,33). The highest BCUT2D eigenvalue weighted by molar-refractivity contribution is 7.20. The molecule has 0 aliphatic heterocycles. The Labute approximate surface area is 211 Å². The summed E-state index contributed by atoms with van der Waals surface area (Å²) in [5.74, 6) is 7.33. The lowest BCUT2D eigenvalue weighted by molar-refractivity contribution is 0.306. The minimum atomic E-state index is -0.300. The van der Waals surface area contributed by atoms with Crippen LogP contribution in [0.3, 0.4) is 0 Å². The van der Waals surface area contributed by atoms with Crippen LogP contribution in [-0.2, 0) is 6.61 Å². The molecule has 2 heterocycles. The number of nitrogens with zero attached hydrogens (tertiary/aromatic N) is 2. The lowest BCUT2D eigenvalue weighted by atomic mass is 10.1. The Bertz CT molecular complexity index is 1590. The van der Waals surface area contributed by atoms with Gasteiger partial charge < -0.3 is 10.1 Å². The van der Waals surface area contributed by atoms with Crippen LogP contribution < -0.4 is 10.1 Å². The number of aromatic nitrogens is 2. The van der Waals surface area contributed by atoms with E-state index in [4.69, 9.17) is 16.3 Å². The van der Waals surface area contributed by atoms with Crippen molar-refractivity contribution in [1.29, 1.82) is 0 Å². The lowest BCUT2D eigenvalue weighted by Crippen LogP contribution is -1.98. The number of aryl methyl sites for hydroxylation is 1. The Morgan fingerprint density at radius 2 is 1.89 bits per heavy atom. The van der Waals surface area contributed by atoms with Crippen LogP contribution in [0, 0.1) is 24.6 Å². The van der Waals surface area contributed by atoms with Crippen molar-refractivity contribution in [2.45, 2.75) is 13.5 Å². The van der Waals surface area contributed by atoms with Gasteiger partial charge >= 0.3 is 0 Å². The molecule has 5 rings (SSSR count). The molecule has 4 nitrogen and oxygen atoms in total. The van der Waals surface area contributed by atoms with Crippen LogP contribution in [0.25, 0.3) is 10.2 Å². The molecule has 0 radical (unpaired) electrons. The van der Waals surface area contributed by atoms with E-state index in [1.807, 2.05) is 37.3 Å². The SMILES string of the molecule is Cc1cccc(C#Cc2cc3ncnc(Nc4ccc(OCc5cccc(F)c5)c(Cl)c4)c3s2)c1. The summed E-state index contributed by atoms with van der Waals surface area (Å²) in [4.78, 5) is 9.70. The molecule has 5 aromatic rings. The molecule has 0 bridgehead atoms. The van der Waals surface area contributed by atoms with Gasteiger partial charge in [-0.1, -0.05) is 47.7 Å². The van der Waals surface area contributed by atoms with E-state index in [2.05, 4.69) is 33.2 Å². The van der Waals surface area contributed by atoms with Crippen molar-refractivity contribution in [1.82, 2.24) is 9.97 Å². The third-order valence-corrected chi connectivity index (χ3v) is 6.48. The van der Waals surface area contributed by atoms with Gasteiger partial charge in [0.15, 0.2) is 5.82 Å². The molecule has 2 aromatic heterocycles. The van der Waals surface area contributed by atoms with Gasteiger partial charge in [0.2, 0.25) is 0 Å². The molecule has 0 amide bonds. The first kappa shape index (κ1) is 22.9. The molecule has 3 aromatic carbocycles. The smallest absolute Gasteiger partial charge is 0.151 e. The van der Waals surface area contributed by atoms with Crippen molar-refractivity contribution in [2.24, 2.45) is 0 Å². The van der Waals surface area contributed by atoms with Gasteiger partial charge in [0.25, 0.3) is 0 Å². The first-order valence-corrected chi connectivity index (χ1v) is 12.0. The molecule has 35 heavy (non-hydrogen) atoms. The Balaban J connectivity index is 1.33. The number of nitrogens with one attached hydrogen (secondary N) is 1. The predicted molar refractivity (Wildman–Crippen MR) is 140 cm³/mol. The summed E-state index contributed by atoms with van der Waals surface area (Å²) >= 11 is 7.97. The number of rotatable bonds is 5. The monoisotopic (exact) mass is 499 g/mol. The van der Waals surface area contributed by atoms with Crippen LogP contribution in [0.2, 0.25) is 5.02 Å². The number of thiophene rings is 1. The van der Waals surface area contributed by atoms with Crippen LogP contribution in [0.1, 0.15) is 21.6 Å². The van der Waals surface area contributed by atoms with Gasteiger partial charge in [-0.2, -0.15) is 0 Å². The number of hydrogen-bond donors (Lipinski definition) is 1. The second kappa shape index (κ2) is 10.1. The molecule has 0 saturated heterocycles. The Kier molecular flexibility index (Phi) is 6.62. The molecule has 0 aliphatic rings. The zero-order chi connectivity index (χ0) is 24.2. The first-order valence-electron chi connectivity index (χ1n) is 10.8. The highest BCUT2D eigenvalue weighted by Crippen LogP contribution is 2.33. The van der Waals surface area contributed by atoms with Crippen LogP contribution in [0.15, 0.2) is 79.1 Å². The van der Waals surface area contributed by atoms with Crippen molar-refractivity contribution in [3.63, 3.8) is 0 Å². The van der Waals surface area contributed by atoms with Crippen LogP contribution >= 0.6 is 22.9 Å². The minimum Gasteiger partial charge on any atom is -0.487 e. The predicted octanol–water partition coefficient (Wildman–Crippen LogP) is 7.51. The molecule has 1 N–H and O–H groups in total. The summed E-state index contributed by atoms with van der Waals surface area (Å²) in [7, 11) is 0. The molecule has 7 heteroatoms. The topological polar surface area (TPSA) is 47.0 Å². The summed E-state index contributed by atoms with van der Waals surface area (Å²) in [6, 6.07) is 21.7. The minimum absolute atomic E-state index is 0.221. The molecule has 172 valence electrons. The second-order valence-electron chi connectivity index (χ2n) is 7.86. The van der Waals surface area contributed by atoms with Gasteiger partial charge in [-0.25, -0.2) is 14.4 Å². The van der Waals surface area contributed by atoms with E-state index in [1.54, 1.807) is 24.3 Å². The summed E-state index contributed by atoms with van der Waals surface area (Å²) in [6.07, 6.45) is 1.52. The second-order valence-corrected chi connectivity index (χ2v) is 9.31. The zero-order valence-electron chi connectivity index (χ0n) is 18.7. The Morgan fingerprint density at radius 3 is 2.71 bits per heavy atom. The lowest BCUT2D eigenvalue weighted by Gasteiger charge is -2.11. The van der Waals surface area contributed by atoms with Gasteiger partial charge in [-0.3, -0.25) is 0 Å². The largest absolute Gasteiger partial charge is 0.487 e. The fourth-order valence-electron chi connectivity index (χ4n) is 3.48. The maximum absolute atomic E-state index is 13.4. The van der Waals surface area contributed by atoms with Crippen molar-refractivity contribution in [2.75, 3.05) is 5.32 Å². The highest BCUT2D eigenvalue weighted by Gasteiger charge is 2.10. The van der Waals surface area contributed by atoms with E-state index in [9.17, 15) is 4.39 Å². The molecule has 0 fully saturated rings. The quantitative estimate of drug-likeness (QED) is 0.254. The Morgan fingerprint density at radius 1 is 1.00 bits per heavy atom. The number of ether oxygens (including phenoxy) is 1. The molecule has 0 spiro atoms. The van der Waals surface area contributed by atoms with E-state index in [0.29, 0.717) is 16.6 Å². The van der Waals surface area contributed by atoms with Gasteiger partial charge in [0, 0.05) is 11.3 Å². The molecule has 0 aliphatic carbocycles. The van der Waals surface area contributed by atoms with Gasteiger partial charge in [0.05, 0.1) is 20.1 Å².